The molecule has 1 aromatic carbocycles. The first-order valence-electron chi connectivity index (χ1n) is 7.53. The van der Waals surface area contributed by atoms with E-state index in [-0.39, 0.29) is 11.8 Å². The molecule has 0 spiro atoms. The maximum Gasteiger partial charge on any atom is 0.239 e. The summed E-state index contributed by atoms with van der Waals surface area (Å²) in [5, 5.41) is 3.44. The second kappa shape index (κ2) is 7.63. The highest BCUT2D eigenvalue weighted by Gasteiger charge is 2.38. The molecule has 1 N–H and O–H groups in total. The molecule has 0 atom stereocenters. The second-order valence-corrected chi connectivity index (χ2v) is 6.56. The van der Waals surface area contributed by atoms with Gasteiger partial charge in [0.15, 0.2) is 0 Å². The third kappa shape index (κ3) is 4.47. The molecule has 0 aliphatic heterocycles. The lowest BCUT2D eigenvalue weighted by Crippen LogP contribution is -2.46. The number of hydrogen-bond acceptors (Lipinski definition) is 2. The molecule has 0 radical (unpaired) electrons. The first-order valence-corrected chi connectivity index (χ1v) is 7.91. The van der Waals surface area contributed by atoms with Crippen molar-refractivity contribution in [2.24, 2.45) is 5.41 Å². The minimum Gasteiger partial charge on any atom is -0.345 e. The summed E-state index contributed by atoms with van der Waals surface area (Å²) >= 11 is 5.91. The molecule has 0 heterocycles. The molecule has 0 saturated carbocycles. The Kier molecular flexibility index (Phi) is 6.42. The number of aryl methyl sites for hydroxylation is 1. The summed E-state index contributed by atoms with van der Waals surface area (Å²) in [4.78, 5) is 26.6. The Bertz CT molecular complexity index is 556. The lowest BCUT2D eigenvalue weighted by molar-refractivity contribution is -0.145. The van der Waals surface area contributed by atoms with E-state index in [0.717, 1.165) is 18.4 Å². The molecule has 5 heteroatoms. The minimum absolute atomic E-state index is 0.176. The Balaban J connectivity index is 2.83. The fourth-order valence-corrected chi connectivity index (χ4v) is 2.34. The molecule has 22 heavy (non-hydrogen) atoms. The molecule has 1 aromatic rings. The quantitative estimate of drug-likeness (QED) is 0.807. The largest absolute Gasteiger partial charge is 0.345 e. The Morgan fingerprint density at radius 1 is 1.32 bits per heavy atom. The number of nitrogens with one attached hydrogen (secondary N) is 1. The monoisotopic (exact) mass is 324 g/mol. The first kappa shape index (κ1) is 18.5. The van der Waals surface area contributed by atoms with E-state index >= 15 is 0 Å². The zero-order chi connectivity index (χ0) is 16.9. The molecule has 1 rings (SSSR count). The fourth-order valence-electron chi connectivity index (χ4n) is 2.12. The van der Waals surface area contributed by atoms with Crippen LogP contribution in [0.5, 0.6) is 0 Å². The number of carbonyl (C=O) groups excluding carboxylic acids is 2. The van der Waals surface area contributed by atoms with Crippen LogP contribution in [0.15, 0.2) is 18.2 Å². The standard InChI is InChI=1S/C17H25ClN2O2/c1-6-7-10-20(5)16(22)17(3,4)15(21)19-14-9-8-13(18)11-12(14)2/h8-9,11H,6-7,10H2,1-5H3,(H,19,21). The van der Waals surface area contributed by atoms with Crippen LogP contribution in [0.1, 0.15) is 39.2 Å². The molecule has 2 amide bonds. The maximum absolute atomic E-state index is 12.5. The van der Waals surface area contributed by atoms with Crippen LogP contribution in [0.2, 0.25) is 5.02 Å². The van der Waals surface area contributed by atoms with Gasteiger partial charge in [-0.05, 0) is 51.0 Å². The third-order valence-corrected chi connectivity index (χ3v) is 3.97. The van der Waals surface area contributed by atoms with Gasteiger partial charge in [0.25, 0.3) is 0 Å². The number of unbranched alkanes of at least 4 members (excludes halogenated alkanes) is 1. The van der Waals surface area contributed by atoms with Crippen molar-refractivity contribution in [1.82, 2.24) is 4.90 Å². The Labute approximate surface area is 137 Å². The number of anilines is 1. The van der Waals surface area contributed by atoms with Crippen LogP contribution in [0.3, 0.4) is 0 Å². The van der Waals surface area contributed by atoms with Gasteiger partial charge in [-0.25, -0.2) is 0 Å². The minimum atomic E-state index is -1.12. The van der Waals surface area contributed by atoms with Gasteiger partial charge in [-0.1, -0.05) is 24.9 Å². The average molecular weight is 325 g/mol. The predicted molar refractivity (Wildman–Crippen MR) is 91.1 cm³/mol. The Morgan fingerprint density at radius 3 is 2.50 bits per heavy atom. The van der Waals surface area contributed by atoms with E-state index in [1.807, 2.05) is 6.92 Å². The highest BCUT2D eigenvalue weighted by atomic mass is 35.5. The van der Waals surface area contributed by atoms with Crippen molar-refractivity contribution in [2.45, 2.75) is 40.5 Å². The highest BCUT2D eigenvalue weighted by Crippen LogP contribution is 2.24. The van der Waals surface area contributed by atoms with Crippen molar-refractivity contribution in [3.63, 3.8) is 0 Å². The van der Waals surface area contributed by atoms with E-state index in [0.29, 0.717) is 17.3 Å². The predicted octanol–water partition coefficient (Wildman–Crippen LogP) is 3.87. The second-order valence-electron chi connectivity index (χ2n) is 6.12. The van der Waals surface area contributed by atoms with Crippen LogP contribution < -0.4 is 5.32 Å². The van der Waals surface area contributed by atoms with E-state index in [4.69, 9.17) is 11.6 Å². The van der Waals surface area contributed by atoms with E-state index < -0.39 is 5.41 Å². The number of carbonyl (C=O) groups is 2. The lowest BCUT2D eigenvalue weighted by Gasteiger charge is -2.28. The smallest absolute Gasteiger partial charge is 0.239 e. The van der Waals surface area contributed by atoms with Crippen LogP contribution in [-0.2, 0) is 9.59 Å². The summed E-state index contributed by atoms with van der Waals surface area (Å²) in [5.41, 5.74) is 0.420. The lowest BCUT2D eigenvalue weighted by atomic mass is 9.90. The van der Waals surface area contributed by atoms with Gasteiger partial charge >= 0.3 is 0 Å². The molecule has 4 nitrogen and oxygen atoms in total. The van der Waals surface area contributed by atoms with Gasteiger partial charge in [0, 0.05) is 24.3 Å². The number of benzene rings is 1. The zero-order valence-electron chi connectivity index (χ0n) is 14.0. The Morgan fingerprint density at radius 2 is 1.95 bits per heavy atom. The molecule has 0 aliphatic rings. The Hall–Kier alpha value is -1.55. The van der Waals surface area contributed by atoms with Crippen LogP contribution in [0.4, 0.5) is 5.69 Å². The van der Waals surface area contributed by atoms with Crippen LogP contribution in [0, 0.1) is 12.3 Å². The van der Waals surface area contributed by atoms with E-state index in [9.17, 15) is 9.59 Å². The highest BCUT2D eigenvalue weighted by molar-refractivity contribution is 6.30. The maximum atomic E-state index is 12.5. The zero-order valence-corrected chi connectivity index (χ0v) is 14.8. The molecule has 122 valence electrons. The molecule has 0 aliphatic carbocycles. The molecule has 0 fully saturated rings. The summed E-state index contributed by atoms with van der Waals surface area (Å²) < 4.78 is 0. The molecule has 0 saturated heterocycles. The van der Waals surface area contributed by atoms with Crippen molar-refractivity contribution in [2.75, 3.05) is 18.9 Å². The number of halogens is 1. The molecule has 0 bridgehead atoms. The summed E-state index contributed by atoms with van der Waals surface area (Å²) in [6, 6.07) is 5.24. The van der Waals surface area contributed by atoms with Crippen molar-refractivity contribution in [1.29, 1.82) is 0 Å². The van der Waals surface area contributed by atoms with E-state index in [1.165, 1.54) is 0 Å². The van der Waals surface area contributed by atoms with Gasteiger partial charge in [0.05, 0.1) is 0 Å². The molecule has 0 unspecified atom stereocenters. The normalized spacial score (nSPS) is 11.2. The number of nitrogens with zero attached hydrogens (tertiary/aromatic N) is 1. The molecule has 0 aromatic heterocycles. The van der Waals surface area contributed by atoms with Crippen LogP contribution >= 0.6 is 11.6 Å². The van der Waals surface area contributed by atoms with Gasteiger partial charge < -0.3 is 10.2 Å². The fraction of sp³-hybridized carbons (Fsp3) is 0.529. The topological polar surface area (TPSA) is 49.4 Å². The first-order chi connectivity index (χ1) is 10.2. The summed E-state index contributed by atoms with van der Waals surface area (Å²) in [6.45, 7) is 7.89. The van der Waals surface area contributed by atoms with Gasteiger partial charge in [-0.3, -0.25) is 9.59 Å². The van der Waals surface area contributed by atoms with Crippen molar-refractivity contribution >= 4 is 29.1 Å². The number of hydrogen-bond donors (Lipinski definition) is 1. The summed E-state index contributed by atoms with van der Waals surface area (Å²) in [7, 11) is 1.74. The van der Waals surface area contributed by atoms with Gasteiger partial charge in [-0.15, -0.1) is 0 Å². The number of amides is 2. The molecular formula is C17H25ClN2O2. The molecular weight excluding hydrogens is 300 g/mol. The van der Waals surface area contributed by atoms with E-state index in [2.05, 4.69) is 12.2 Å². The van der Waals surface area contributed by atoms with E-state index in [1.54, 1.807) is 44.0 Å². The van der Waals surface area contributed by atoms with Crippen molar-refractivity contribution in [3.05, 3.63) is 28.8 Å². The SMILES string of the molecule is CCCCN(C)C(=O)C(C)(C)C(=O)Nc1ccc(Cl)cc1C. The number of rotatable bonds is 6. The summed E-state index contributed by atoms with van der Waals surface area (Å²) in [5.74, 6) is -0.490. The van der Waals surface area contributed by atoms with Gasteiger partial charge in [0.1, 0.15) is 5.41 Å². The van der Waals surface area contributed by atoms with Crippen molar-refractivity contribution in [3.8, 4) is 0 Å². The van der Waals surface area contributed by atoms with Crippen LogP contribution in [0.25, 0.3) is 0 Å². The van der Waals surface area contributed by atoms with Gasteiger partial charge in [-0.2, -0.15) is 0 Å². The van der Waals surface area contributed by atoms with Crippen molar-refractivity contribution < 1.29 is 9.59 Å². The average Bonchev–Trinajstić information content (AvgIpc) is 2.46. The van der Waals surface area contributed by atoms with Crippen LogP contribution in [-0.4, -0.2) is 30.3 Å². The summed E-state index contributed by atoms with van der Waals surface area (Å²) in [6.07, 6.45) is 1.93. The third-order valence-electron chi connectivity index (χ3n) is 3.73. The van der Waals surface area contributed by atoms with Gasteiger partial charge in [0.2, 0.25) is 11.8 Å².